The van der Waals surface area contributed by atoms with E-state index in [9.17, 15) is 0 Å². The molecular weight excluding hydrogens is 242 g/mol. The second-order valence-corrected chi connectivity index (χ2v) is 4.24. The molecule has 102 valence electrons. The maximum Gasteiger partial charge on any atom is 0.132 e. The molecule has 2 N–H and O–H groups in total. The van der Waals surface area contributed by atoms with Crippen LogP contribution in [0.2, 0.25) is 0 Å². The van der Waals surface area contributed by atoms with Crippen LogP contribution in [0.1, 0.15) is 12.7 Å². The Kier molecular flexibility index (Phi) is 3.64. The van der Waals surface area contributed by atoms with Gasteiger partial charge in [0.1, 0.15) is 28.8 Å². The molecule has 5 nitrogen and oxygen atoms in total. The summed E-state index contributed by atoms with van der Waals surface area (Å²) >= 11 is 0. The zero-order valence-corrected chi connectivity index (χ0v) is 11.7. The van der Waals surface area contributed by atoms with Crippen LogP contribution in [0.4, 0.5) is 5.82 Å². The number of hydrogen-bond donors (Lipinski definition) is 1. The van der Waals surface area contributed by atoms with Crippen molar-refractivity contribution >= 4 is 5.82 Å². The minimum Gasteiger partial charge on any atom is -0.497 e. The lowest BCUT2D eigenvalue weighted by atomic mass is 10.1. The molecule has 0 saturated heterocycles. The Morgan fingerprint density at radius 3 is 2.53 bits per heavy atom. The lowest BCUT2D eigenvalue weighted by molar-refractivity contribution is 0.395. The summed E-state index contributed by atoms with van der Waals surface area (Å²) in [6.07, 6.45) is 0.833. The molecule has 5 heteroatoms. The number of imidazole rings is 1. The minimum absolute atomic E-state index is 0.639. The zero-order valence-electron chi connectivity index (χ0n) is 11.7. The fraction of sp³-hybridized carbons (Fsp3) is 0.357. The smallest absolute Gasteiger partial charge is 0.132 e. The SMILES string of the molecule is CCc1nc(-c2ccc(OC)cc2OC)c(N)n1C. The lowest BCUT2D eigenvalue weighted by Gasteiger charge is -2.09. The molecule has 0 aliphatic rings. The molecule has 0 saturated carbocycles. The summed E-state index contributed by atoms with van der Waals surface area (Å²) in [6, 6.07) is 5.61. The molecule has 1 aromatic heterocycles. The van der Waals surface area contributed by atoms with E-state index in [-0.39, 0.29) is 0 Å². The number of aryl methyl sites for hydroxylation is 1. The number of benzene rings is 1. The molecule has 0 unspecified atom stereocenters. The number of rotatable bonds is 4. The van der Waals surface area contributed by atoms with Crippen molar-refractivity contribution in [3.05, 3.63) is 24.0 Å². The molecule has 0 aliphatic carbocycles. The number of methoxy groups -OCH3 is 2. The molecule has 1 heterocycles. The third kappa shape index (κ3) is 2.23. The van der Waals surface area contributed by atoms with Crippen LogP contribution in [-0.2, 0) is 13.5 Å². The van der Waals surface area contributed by atoms with Crippen LogP contribution in [0, 0.1) is 0 Å². The zero-order chi connectivity index (χ0) is 14.0. The molecular formula is C14H19N3O2. The predicted octanol–water partition coefficient (Wildman–Crippen LogP) is 2.25. The maximum absolute atomic E-state index is 6.12. The first-order valence-corrected chi connectivity index (χ1v) is 6.15. The number of anilines is 1. The molecule has 0 spiro atoms. The molecule has 2 rings (SSSR count). The Hall–Kier alpha value is -2.17. The summed E-state index contributed by atoms with van der Waals surface area (Å²) in [4.78, 5) is 4.58. The number of ether oxygens (including phenoxy) is 2. The van der Waals surface area contributed by atoms with E-state index in [1.807, 2.05) is 29.8 Å². The molecule has 0 atom stereocenters. The first-order chi connectivity index (χ1) is 9.12. The minimum atomic E-state index is 0.639. The molecule has 0 fully saturated rings. The van der Waals surface area contributed by atoms with Gasteiger partial charge in [0.2, 0.25) is 0 Å². The van der Waals surface area contributed by atoms with Crippen LogP contribution in [0.3, 0.4) is 0 Å². The van der Waals surface area contributed by atoms with Gasteiger partial charge < -0.3 is 19.8 Å². The highest BCUT2D eigenvalue weighted by Crippen LogP contribution is 2.35. The molecule has 0 aliphatic heterocycles. The summed E-state index contributed by atoms with van der Waals surface area (Å²) in [5.74, 6) is 3.03. The first-order valence-electron chi connectivity index (χ1n) is 6.15. The highest BCUT2D eigenvalue weighted by atomic mass is 16.5. The van der Waals surface area contributed by atoms with Gasteiger partial charge in [-0.1, -0.05) is 6.92 Å². The van der Waals surface area contributed by atoms with Crippen molar-refractivity contribution in [2.75, 3.05) is 20.0 Å². The summed E-state index contributed by atoms with van der Waals surface area (Å²) in [5.41, 5.74) is 7.74. The van der Waals surface area contributed by atoms with Gasteiger partial charge in [-0.15, -0.1) is 0 Å². The fourth-order valence-electron chi connectivity index (χ4n) is 2.07. The topological polar surface area (TPSA) is 62.3 Å². The average molecular weight is 261 g/mol. The molecule has 0 amide bonds. The lowest BCUT2D eigenvalue weighted by Crippen LogP contribution is -2.00. The van der Waals surface area contributed by atoms with Gasteiger partial charge in [-0.25, -0.2) is 4.98 Å². The first kappa shape index (κ1) is 13.3. The second-order valence-electron chi connectivity index (χ2n) is 4.24. The van der Waals surface area contributed by atoms with Gasteiger partial charge in [-0.3, -0.25) is 0 Å². The Labute approximate surface area is 113 Å². The Morgan fingerprint density at radius 1 is 1.26 bits per heavy atom. The van der Waals surface area contributed by atoms with E-state index in [0.29, 0.717) is 11.6 Å². The van der Waals surface area contributed by atoms with Gasteiger partial charge in [0.05, 0.1) is 14.2 Å². The monoisotopic (exact) mass is 261 g/mol. The quantitative estimate of drug-likeness (QED) is 0.917. The predicted molar refractivity (Wildman–Crippen MR) is 75.5 cm³/mol. The van der Waals surface area contributed by atoms with E-state index in [0.717, 1.165) is 29.3 Å². The maximum atomic E-state index is 6.12. The summed E-state index contributed by atoms with van der Waals surface area (Å²) in [7, 11) is 5.16. The van der Waals surface area contributed by atoms with Crippen molar-refractivity contribution < 1.29 is 9.47 Å². The van der Waals surface area contributed by atoms with Crippen LogP contribution >= 0.6 is 0 Å². The van der Waals surface area contributed by atoms with Gasteiger partial charge in [-0.2, -0.15) is 0 Å². The number of nitrogens with zero attached hydrogens (tertiary/aromatic N) is 2. The second kappa shape index (κ2) is 5.22. The van der Waals surface area contributed by atoms with E-state index in [2.05, 4.69) is 11.9 Å². The number of hydrogen-bond acceptors (Lipinski definition) is 4. The van der Waals surface area contributed by atoms with Crippen molar-refractivity contribution in [2.45, 2.75) is 13.3 Å². The fourth-order valence-corrected chi connectivity index (χ4v) is 2.07. The Morgan fingerprint density at radius 2 is 2.00 bits per heavy atom. The third-order valence-corrected chi connectivity index (χ3v) is 3.21. The van der Waals surface area contributed by atoms with Crippen molar-refractivity contribution in [1.82, 2.24) is 9.55 Å². The van der Waals surface area contributed by atoms with Gasteiger partial charge in [0.25, 0.3) is 0 Å². The summed E-state index contributed by atoms with van der Waals surface area (Å²) in [5, 5.41) is 0. The number of nitrogen functional groups attached to an aromatic ring is 1. The normalized spacial score (nSPS) is 10.5. The Bertz CT molecular complexity index is 591. The van der Waals surface area contributed by atoms with Crippen LogP contribution in [0.15, 0.2) is 18.2 Å². The van der Waals surface area contributed by atoms with Crippen molar-refractivity contribution in [3.8, 4) is 22.8 Å². The van der Waals surface area contributed by atoms with E-state index in [1.165, 1.54) is 0 Å². The van der Waals surface area contributed by atoms with Gasteiger partial charge in [0.15, 0.2) is 0 Å². The molecule has 0 radical (unpaired) electrons. The largest absolute Gasteiger partial charge is 0.497 e. The summed E-state index contributed by atoms with van der Waals surface area (Å²) in [6.45, 7) is 2.05. The highest BCUT2D eigenvalue weighted by molar-refractivity contribution is 5.76. The molecule has 0 bridgehead atoms. The standard InChI is InChI=1S/C14H19N3O2/c1-5-12-16-13(14(15)17(12)2)10-7-6-9(18-3)8-11(10)19-4/h6-8H,5,15H2,1-4H3. The van der Waals surface area contributed by atoms with Crippen molar-refractivity contribution in [2.24, 2.45) is 7.05 Å². The number of aromatic nitrogens is 2. The highest BCUT2D eigenvalue weighted by Gasteiger charge is 2.16. The average Bonchev–Trinajstić information content (AvgIpc) is 2.74. The molecule has 1 aromatic carbocycles. The van der Waals surface area contributed by atoms with Crippen molar-refractivity contribution in [1.29, 1.82) is 0 Å². The van der Waals surface area contributed by atoms with E-state index >= 15 is 0 Å². The molecule has 19 heavy (non-hydrogen) atoms. The van der Waals surface area contributed by atoms with E-state index in [1.54, 1.807) is 14.2 Å². The van der Waals surface area contributed by atoms with Crippen LogP contribution in [0.25, 0.3) is 11.3 Å². The Balaban J connectivity index is 2.58. The van der Waals surface area contributed by atoms with Crippen LogP contribution in [-0.4, -0.2) is 23.8 Å². The van der Waals surface area contributed by atoms with Gasteiger partial charge in [0, 0.05) is 25.1 Å². The van der Waals surface area contributed by atoms with E-state index in [4.69, 9.17) is 15.2 Å². The van der Waals surface area contributed by atoms with Crippen molar-refractivity contribution in [3.63, 3.8) is 0 Å². The third-order valence-electron chi connectivity index (χ3n) is 3.21. The molecule has 2 aromatic rings. The summed E-state index contributed by atoms with van der Waals surface area (Å²) < 4.78 is 12.5. The van der Waals surface area contributed by atoms with Crippen LogP contribution in [0.5, 0.6) is 11.5 Å². The number of nitrogens with two attached hydrogens (primary N) is 1. The van der Waals surface area contributed by atoms with E-state index < -0.39 is 0 Å². The van der Waals surface area contributed by atoms with Gasteiger partial charge >= 0.3 is 0 Å². The van der Waals surface area contributed by atoms with Crippen LogP contribution < -0.4 is 15.2 Å². The van der Waals surface area contributed by atoms with Gasteiger partial charge in [-0.05, 0) is 12.1 Å².